The lowest BCUT2D eigenvalue weighted by molar-refractivity contribution is 0.846. The summed E-state index contributed by atoms with van der Waals surface area (Å²) in [7, 11) is 0. The Balaban J connectivity index is 1.84. The van der Waals surface area contributed by atoms with Crippen molar-refractivity contribution >= 4 is 22.7 Å². The van der Waals surface area contributed by atoms with E-state index in [0.29, 0.717) is 0 Å². The maximum absolute atomic E-state index is 6.05. The number of rotatable bonds is 3. The molecule has 1 aromatic carbocycles. The zero-order valence-corrected chi connectivity index (χ0v) is 12.4. The third kappa shape index (κ3) is 2.35. The fraction of sp³-hybridized carbons (Fsp3) is 0.375. The maximum Gasteiger partial charge on any atom is 0.0523 e. The lowest BCUT2D eigenvalue weighted by atomic mass is 10.1. The number of fused-ring (bicyclic) bond motifs is 1. The van der Waals surface area contributed by atoms with Crippen LogP contribution in [0.5, 0.6) is 0 Å². The number of anilines is 2. The van der Waals surface area contributed by atoms with Crippen LogP contribution in [0.1, 0.15) is 27.8 Å². The fourth-order valence-corrected chi connectivity index (χ4v) is 3.67. The number of benzene rings is 1. The molecule has 2 N–H and O–H groups in total. The third-order valence-electron chi connectivity index (χ3n) is 3.87. The molecule has 0 aliphatic carbocycles. The van der Waals surface area contributed by atoms with Gasteiger partial charge in [-0.15, -0.1) is 11.3 Å². The molecule has 0 saturated heterocycles. The quantitative estimate of drug-likeness (QED) is 0.862. The van der Waals surface area contributed by atoms with Gasteiger partial charge in [0, 0.05) is 27.7 Å². The summed E-state index contributed by atoms with van der Waals surface area (Å²) >= 11 is 1.93. The van der Waals surface area contributed by atoms with E-state index < -0.39 is 0 Å². The van der Waals surface area contributed by atoms with Crippen molar-refractivity contribution in [3.8, 4) is 0 Å². The van der Waals surface area contributed by atoms with Gasteiger partial charge < -0.3 is 10.6 Å². The van der Waals surface area contributed by atoms with Crippen LogP contribution in [0.25, 0.3) is 0 Å². The SMILES string of the molecule is CCc1ccc(CN2CCc3cc(C)c(N)cc32)s1. The molecule has 100 valence electrons. The Hall–Kier alpha value is -1.48. The summed E-state index contributed by atoms with van der Waals surface area (Å²) < 4.78 is 0. The highest BCUT2D eigenvalue weighted by Crippen LogP contribution is 2.33. The third-order valence-corrected chi connectivity index (χ3v) is 5.09. The Morgan fingerprint density at radius 1 is 1.26 bits per heavy atom. The van der Waals surface area contributed by atoms with Gasteiger partial charge in [0.05, 0.1) is 6.54 Å². The minimum Gasteiger partial charge on any atom is -0.398 e. The zero-order valence-electron chi connectivity index (χ0n) is 11.6. The van der Waals surface area contributed by atoms with Crippen LogP contribution in [0.4, 0.5) is 11.4 Å². The van der Waals surface area contributed by atoms with Crippen LogP contribution in [0.15, 0.2) is 24.3 Å². The molecule has 3 heteroatoms. The monoisotopic (exact) mass is 272 g/mol. The molecule has 1 aliphatic rings. The Kier molecular flexibility index (Phi) is 3.23. The van der Waals surface area contributed by atoms with Gasteiger partial charge in [0.25, 0.3) is 0 Å². The van der Waals surface area contributed by atoms with Gasteiger partial charge in [0.2, 0.25) is 0 Å². The fourth-order valence-electron chi connectivity index (χ4n) is 2.69. The number of hydrogen-bond acceptors (Lipinski definition) is 3. The zero-order chi connectivity index (χ0) is 13.4. The van der Waals surface area contributed by atoms with Crippen molar-refractivity contribution in [3.63, 3.8) is 0 Å². The van der Waals surface area contributed by atoms with Crippen molar-refractivity contribution in [2.75, 3.05) is 17.2 Å². The second-order valence-corrected chi connectivity index (χ2v) is 6.48. The summed E-state index contributed by atoms with van der Waals surface area (Å²) in [5.41, 5.74) is 10.9. The molecule has 3 rings (SSSR count). The molecule has 0 spiro atoms. The van der Waals surface area contributed by atoms with Gasteiger partial charge in [-0.25, -0.2) is 0 Å². The highest BCUT2D eigenvalue weighted by Gasteiger charge is 2.20. The predicted molar refractivity (Wildman–Crippen MR) is 84.0 cm³/mol. The smallest absolute Gasteiger partial charge is 0.0523 e. The normalized spacial score (nSPS) is 13.9. The van der Waals surface area contributed by atoms with E-state index in [1.807, 2.05) is 11.3 Å². The van der Waals surface area contributed by atoms with E-state index in [1.54, 1.807) is 0 Å². The second-order valence-electron chi connectivity index (χ2n) is 5.23. The first-order chi connectivity index (χ1) is 9.17. The molecule has 19 heavy (non-hydrogen) atoms. The average molecular weight is 272 g/mol. The van der Waals surface area contributed by atoms with Crippen LogP contribution in [0, 0.1) is 6.92 Å². The minimum absolute atomic E-state index is 0.908. The summed E-state index contributed by atoms with van der Waals surface area (Å²) in [6.07, 6.45) is 2.27. The molecule has 0 bridgehead atoms. The van der Waals surface area contributed by atoms with Crippen molar-refractivity contribution < 1.29 is 0 Å². The second kappa shape index (κ2) is 4.89. The molecule has 1 aliphatic heterocycles. The molecule has 0 fully saturated rings. The average Bonchev–Trinajstić information content (AvgIpc) is 2.99. The van der Waals surface area contributed by atoms with Crippen LogP contribution in [0.3, 0.4) is 0 Å². The van der Waals surface area contributed by atoms with Gasteiger partial charge in [0.15, 0.2) is 0 Å². The highest BCUT2D eigenvalue weighted by atomic mass is 32.1. The number of hydrogen-bond donors (Lipinski definition) is 1. The van der Waals surface area contributed by atoms with Gasteiger partial charge in [-0.2, -0.15) is 0 Å². The number of nitrogens with zero attached hydrogens (tertiary/aromatic N) is 1. The standard InChI is InChI=1S/C16H20N2S/c1-3-13-4-5-14(19-13)10-18-7-6-12-8-11(2)15(17)9-16(12)18/h4-5,8-9H,3,6-7,10,17H2,1-2H3. The topological polar surface area (TPSA) is 29.3 Å². The molecule has 0 radical (unpaired) electrons. The molecule has 0 amide bonds. The lowest BCUT2D eigenvalue weighted by Crippen LogP contribution is -2.19. The van der Waals surface area contributed by atoms with Crippen LogP contribution in [0.2, 0.25) is 0 Å². The molecular formula is C16H20N2S. The number of aryl methyl sites for hydroxylation is 2. The van der Waals surface area contributed by atoms with Gasteiger partial charge >= 0.3 is 0 Å². The number of thiophene rings is 1. The van der Waals surface area contributed by atoms with Crippen molar-refractivity contribution in [3.05, 3.63) is 45.1 Å². The van der Waals surface area contributed by atoms with E-state index in [-0.39, 0.29) is 0 Å². The van der Waals surface area contributed by atoms with Crippen LogP contribution < -0.4 is 10.6 Å². The molecule has 0 saturated carbocycles. The van der Waals surface area contributed by atoms with Gasteiger partial charge in [0.1, 0.15) is 0 Å². The molecular weight excluding hydrogens is 252 g/mol. The Labute approximate surface area is 118 Å². The molecule has 1 aromatic heterocycles. The Bertz CT molecular complexity index is 601. The Morgan fingerprint density at radius 3 is 2.79 bits per heavy atom. The summed E-state index contributed by atoms with van der Waals surface area (Å²) in [5, 5.41) is 0. The first-order valence-corrected chi connectivity index (χ1v) is 7.70. The van der Waals surface area contributed by atoms with E-state index in [0.717, 1.165) is 31.6 Å². The maximum atomic E-state index is 6.05. The van der Waals surface area contributed by atoms with E-state index in [1.165, 1.54) is 26.6 Å². The van der Waals surface area contributed by atoms with E-state index >= 15 is 0 Å². The summed E-state index contributed by atoms with van der Waals surface area (Å²) in [4.78, 5) is 5.37. The molecule has 0 unspecified atom stereocenters. The van der Waals surface area contributed by atoms with Crippen molar-refractivity contribution in [2.24, 2.45) is 0 Å². The van der Waals surface area contributed by atoms with Crippen LogP contribution in [-0.4, -0.2) is 6.54 Å². The van der Waals surface area contributed by atoms with Crippen molar-refractivity contribution in [2.45, 2.75) is 33.2 Å². The number of nitrogen functional groups attached to an aromatic ring is 1. The van der Waals surface area contributed by atoms with E-state index in [4.69, 9.17) is 5.73 Å². The molecule has 2 aromatic rings. The highest BCUT2D eigenvalue weighted by molar-refractivity contribution is 7.12. The summed E-state index contributed by atoms with van der Waals surface area (Å²) in [6.45, 7) is 6.42. The van der Waals surface area contributed by atoms with Gasteiger partial charge in [-0.3, -0.25) is 0 Å². The first-order valence-electron chi connectivity index (χ1n) is 6.89. The largest absolute Gasteiger partial charge is 0.398 e. The molecule has 2 nitrogen and oxygen atoms in total. The van der Waals surface area contributed by atoms with Crippen molar-refractivity contribution in [1.82, 2.24) is 0 Å². The van der Waals surface area contributed by atoms with Gasteiger partial charge in [-0.05, 0) is 49.1 Å². The van der Waals surface area contributed by atoms with Gasteiger partial charge in [-0.1, -0.05) is 13.0 Å². The first kappa shape index (κ1) is 12.5. The van der Waals surface area contributed by atoms with Crippen molar-refractivity contribution in [1.29, 1.82) is 0 Å². The summed E-state index contributed by atoms with van der Waals surface area (Å²) in [5.74, 6) is 0. The van der Waals surface area contributed by atoms with Crippen LogP contribution >= 0.6 is 11.3 Å². The molecule has 0 atom stereocenters. The lowest BCUT2D eigenvalue weighted by Gasteiger charge is -2.19. The summed E-state index contributed by atoms with van der Waals surface area (Å²) in [6, 6.07) is 8.90. The minimum atomic E-state index is 0.908. The van der Waals surface area contributed by atoms with Crippen LogP contribution in [-0.2, 0) is 19.4 Å². The Morgan fingerprint density at radius 2 is 2.05 bits per heavy atom. The number of nitrogens with two attached hydrogens (primary N) is 1. The predicted octanol–water partition coefficient (Wildman–Crippen LogP) is 3.76. The van der Waals surface area contributed by atoms with E-state index in [9.17, 15) is 0 Å². The van der Waals surface area contributed by atoms with E-state index in [2.05, 4.69) is 43.0 Å². The molecule has 2 heterocycles.